The fourth-order valence-corrected chi connectivity index (χ4v) is 2.77. The molecule has 8 nitrogen and oxygen atoms in total. The quantitative estimate of drug-likeness (QED) is 0.452. The highest BCUT2D eigenvalue weighted by molar-refractivity contribution is 5.66. The number of aromatic hydroxyl groups is 1. The van der Waals surface area contributed by atoms with Gasteiger partial charge in [-0.1, -0.05) is 52.8 Å². The van der Waals surface area contributed by atoms with Crippen LogP contribution in [0.5, 0.6) is 5.88 Å². The molecule has 0 bridgehead atoms. The Morgan fingerprint density at radius 2 is 1.86 bits per heavy atom. The molecule has 2 aromatic heterocycles. The van der Waals surface area contributed by atoms with Crippen molar-refractivity contribution >= 4 is 17.2 Å². The minimum Gasteiger partial charge on any atom is -0.492 e. The third kappa shape index (κ3) is 3.51. The van der Waals surface area contributed by atoms with Gasteiger partial charge in [0, 0.05) is 5.41 Å². The van der Waals surface area contributed by atoms with Crippen LogP contribution in [-0.2, 0) is 5.41 Å². The lowest BCUT2D eigenvalue weighted by Crippen LogP contribution is -2.13. The molecule has 0 fully saturated rings. The van der Waals surface area contributed by atoms with Crippen LogP contribution in [0.1, 0.15) is 51.9 Å². The molecule has 0 atom stereocenters. The number of rotatable bonds is 4. The Morgan fingerprint density at radius 3 is 2.43 bits per heavy atom. The van der Waals surface area contributed by atoms with Crippen molar-refractivity contribution in [3.8, 4) is 11.6 Å². The van der Waals surface area contributed by atoms with Gasteiger partial charge in [0.25, 0.3) is 5.69 Å². The molecule has 0 aliphatic rings. The molecular formula is C20H23N7O. The summed E-state index contributed by atoms with van der Waals surface area (Å²) in [5.74, 6) is 0.252. The summed E-state index contributed by atoms with van der Waals surface area (Å²) < 4.78 is 1.44. The summed E-state index contributed by atoms with van der Waals surface area (Å²) in [6.07, 6.45) is 0. The maximum Gasteiger partial charge on any atom is 0.254 e. The first kappa shape index (κ1) is 19.3. The van der Waals surface area contributed by atoms with E-state index in [-0.39, 0.29) is 28.7 Å². The van der Waals surface area contributed by atoms with E-state index in [9.17, 15) is 5.11 Å². The number of azo groups is 1. The van der Waals surface area contributed by atoms with Gasteiger partial charge in [-0.05, 0) is 18.1 Å². The molecule has 2 N–H and O–H groups in total. The number of nitrogens with zero attached hydrogens (tertiary/aromatic N) is 6. The van der Waals surface area contributed by atoms with Crippen molar-refractivity contribution in [2.45, 2.75) is 46.0 Å². The summed E-state index contributed by atoms with van der Waals surface area (Å²) in [5, 5.41) is 30.7. The Labute approximate surface area is 163 Å². The lowest BCUT2D eigenvalue weighted by molar-refractivity contribution is 0.434. The zero-order chi connectivity index (χ0) is 20.5. The summed E-state index contributed by atoms with van der Waals surface area (Å²) >= 11 is 0. The Hall–Kier alpha value is -3.47. The monoisotopic (exact) mass is 377 g/mol. The van der Waals surface area contributed by atoms with Crippen molar-refractivity contribution in [2.24, 2.45) is 10.2 Å². The molecule has 0 spiro atoms. The lowest BCUT2D eigenvalue weighted by Gasteiger charge is -2.15. The molecule has 0 unspecified atom stereocenters. The topological polar surface area (TPSA) is 95.8 Å². The predicted octanol–water partition coefficient (Wildman–Crippen LogP) is 5.69. The number of hydrogen-bond acceptors (Lipinski definition) is 5. The van der Waals surface area contributed by atoms with Crippen LogP contribution in [0.15, 0.2) is 40.6 Å². The van der Waals surface area contributed by atoms with E-state index in [4.69, 9.17) is 6.57 Å². The Morgan fingerprint density at radius 1 is 1.18 bits per heavy atom. The Bertz CT molecular complexity index is 1050. The first-order valence-corrected chi connectivity index (χ1v) is 8.99. The summed E-state index contributed by atoms with van der Waals surface area (Å²) in [4.78, 5) is 3.53. The second kappa shape index (κ2) is 7.27. The zero-order valence-corrected chi connectivity index (χ0v) is 16.6. The van der Waals surface area contributed by atoms with E-state index < -0.39 is 0 Å². The predicted molar refractivity (Wildman–Crippen MR) is 107 cm³/mol. The molecule has 0 aliphatic carbocycles. The van der Waals surface area contributed by atoms with E-state index in [1.54, 1.807) is 0 Å². The number of aromatic nitrogens is 4. The number of H-pyrrole nitrogens is 1. The van der Waals surface area contributed by atoms with Crippen LogP contribution >= 0.6 is 0 Å². The van der Waals surface area contributed by atoms with Crippen molar-refractivity contribution in [1.29, 1.82) is 0 Å². The van der Waals surface area contributed by atoms with Crippen molar-refractivity contribution in [1.82, 2.24) is 20.0 Å². The molecule has 2 heterocycles. The van der Waals surface area contributed by atoms with Gasteiger partial charge in [0.1, 0.15) is 0 Å². The van der Waals surface area contributed by atoms with Gasteiger partial charge in [-0.15, -0.1) is 10.2 Å². The van der Waals surface area contributed by atoms with Gasteiger partial charge in [-0.3, -0.25) is 5.10 Å². The average molecular weight is 377 g/mol. The first-order chi connectivity index (χ1) is 13.2. The number of benzene rings is 1. The SMILES string of the molecule is [C-]#[N+]c1c(C(C)C)n[nH]c1/N=N/c1c(C(C)(C)C)nn(-c2ccccc2)c1O. The number of aromatic amines is 1. The van der Waals surface area contributed by atoms with E-state index in [1.165, 1.54) is 4.68 Å². The minimum absolute atomic E-state index is 0.0867. The highest BCUT2D eigenvalue weighted by Crippen LogP contribution is 2.41. The van der Waals surface area contributed by atoms with E-state index in [1.807, 2.05) is 65.0 Å². The van der Waals surface area contributed by atoms with Crippen LogP contribution in [-0.4, -0.2) is 25.1 Å². The lowest BCUT2D eigenvalue weighted by atomic mass is 9.91. The highest BCUT2D eigenvalue weighted by atomic mass is 16.3. The van der Waals surface area contributed by atoms with Gasteiger partial charge in [-0.2, -0.15) is 14.9 Å². The highest BCUT2D eigenvalue weighted by Gasteiger charge is 2.28. The first-order valence-electron chi connectivity index (χ1n) is 8.99. The van der Waals surface area contributed by atoms with Crippen LogP contribution in [0.3, 0.4) is 0 Å². The molecule has 144 valence electrons. The molecule has 3 aromatic rings. The van der Waals surface area contributed by atoms with Crippen LogP contribution in [0.2, 0.25) is 0 Å². The molecule has 8 heteroatoms. The molecular weight excluding hydrogens is 354 g/mol. The minimum atomic E-state index is -0.369. The molecule has 1 aromatic carbocycles. The van der Waals surface area contributed by atoms with Gasteiger partial charge >= 0.3 is 0 Å². The largest absolute Gasteiger partial charge is 0.492 e. The second-order valence-corrected chi connectivity index (χ2v) is 7.79. The number of hydrogen-bond donors (Lipinski definition) is 2. The number of nitrogens with one attached hydrogen (secondary N) is 1. The Balaban J connectivity index is 2.11. The maximum absolute atomic E-state index is 10.8. The van der Waals surface area contributed by atoms with E-state index in [2.05, 4.69) is 30.4 Å². The van der Waals surface area contributed by atoms with Crippen LogP contribution < -0.4 is 0 Å². The van der Waals surface area contributed by atoms with Crippen LogP contribution in [0, 0.1) is 6.57 Å². The third-order valence-electron chi connectivity index (χ3n) is 4.21. The molecule has 0 radical (unpaired) electrons. The van der Waals surface area contributed by atoms with E-state index >= 15 is 0 Å². The smallest absolute Gasteiger partial charge is 0.254 e. The van der Waals surface area contributed by atoms with Crippen molar-refractivity contribution < 1.29 is 5.11 Å². The molecule has 0 aliphatic heterocycles. The van der Waals surface area contributed by atoms with Crippen molar-refractivity contribution in [3.63, 3.8) is 0 Å². The summed E-state index contributed by atoms with van der Waals surface area (Å²) in [6.45, 7) is 17.3. The van der Waals surface area contributed by atoms with Gasteiger partial charge in [0.05, 0.1) is 23.6 Å². The fourth-order valence-electron chi connectivity index (χ4n) is 2.77. The standard InChI is InChI=1S/C20H23N7O/c1-12(2)14-15(21-6)18(24-22-14)25-23-16-17(20(3,4)5)26-27(19(16)28)13-10-8-7-9-11-13/h7-12,28H,1-5H3,(H,22,24)/b25-23+. The van der Waals surface area contributed by atoms with Gasteiger partial charge < -0.3 is 5.11 Å². The van der Waals surface area contributed by atoms with E-state index in [0.717, 1.165) is 5.69 Å². The fraction of sp³-hybridized carbons (Fsp3) is 0.350. The third-order valence-corrected chi connectivity index (χ3v) is 4.21. The molecule has 0 saturated heterocycles. The van der Waals surface area contributed by atoms with Gasteiger partial charge in [-0.25, -0.2) is 4.85 Å². The van der Waals surface area contributed by atoms with Crippen molar-refractivity contribution in [3.05, 3.63) is 53.1 Å². The van der Waals surface area contributed by atoms with E-state index in [0.29, 0.717) is 17.1 Å². The van der Waals surface area contributed by atoms with Crippen LogP contribution in [0.4, 0.5) is 17.2 Å². The number of para-hydroxylation sites is 1. The normalized spacial score (nSPS) is 12.0. The van der Waals surface area contributed by atoms with Crippen LogP contribution in [0.25, 0.3) is 10.5 Å². The average Bonchev–Trinajstić information content (AvgIpc) is 3.21. The molecule has 28 heavy (non-hydrogen) atoms. The van der Waals surface area contributed by atoms with Gasteiger partial charge in [0.15, 0.2) is 11.5 Å². The molecule has 3 rings (SSSR count). The maximum atomic E-state index is 10.8. The summed E-state index contributed by atoms with van der Waals surface area (Å²) in [6, 6.07) is 9.33. The van der Waals surface area contributed by atoms with Gasteiger partial charge in [0.2, 0.25) is 5.88 Å². The summed E-state index contributed by atoms with van der Waals surface area (Å²) in [5.41, 5.74) is 2.21. The molecule has 0 amide bonds. The van der Waals surface area contributed by atoms with Crippen molar-refractivity contribution in [2.75, 3.05) is 0 Å². The second-order valence-electron chi connectivity index (χ2n) is 7.79. The zero-order valence-electron chi connectivity index (χ0n) is 16.6. The summed E-state index contributed by atoms with van der Waals surface area (Å²) in [7, 11) is 0. The molecule has 0 saturated carbocycles. The Kier molecular flexibility index (Phi) is 5.01.